The standard InChI is InChI=1S/C14H21N3O/c1-14(2,3)12-6-5-11(9-16-12)17-8-4-7-15-10-13(17)18/h5-6,9,15H,4,7-8,10H2,1-3H3. The second-order valence-electron chi connectivity index (χ2n) is 5.73. The summed E-state index contributed by atoms with van der Waals surface area (Å²) in [7, 11) is 0. The Hall–Kier alpha value is -1.42. The number of carbonyl (C=O) groups excluding carboxylic acids is 1. The zero-order valence-corrected chi connectivity index (χ0v) is 11.4. The highest BCUT2D eigenvalue weighted by Crippen LogP contribution is 2.22. The fourth-order valence-corrected chi connectivity index (χ4v) is 2.04. The number of pyridine rings is 1. The first-order valence-corrected chi connectivity index (χ1v) is 6.46. The van der Waals surface area contributed by atoms with Crippen LogP contribution in [0.5, 0.6) is 0 Å². The molecule has 4 nitrogen and oxygen atoms in total. The average Bonchev–Trinajstić information content (AvgIpc) is 2.53. The Morgan fingerprint density at radius 2 is 2.11 bits per heavy atom. The number of carbonyl (C=O) groups is 1. The molecule has 2 rings (SSSR count). The summed E-state index contributed by atoms with van der Waals surface area (Å²) < 4.78 is 0. The molecule has 1 N–H and O–H groups in total. The molecule has 1 aliphatic heterocycles. The van der Waals surface area contributed by atoms with Gasteiger partial charge in [0.1, 0.15) is 0 Å². The van der Waals surface area contributed by atoms with E-state index in [1.165, 1.54) is 0 Å². The highest BCUT2D eigenvalue weighted by atomic mass is 16.2. The molecule has 0 bridgehead atoms. The van der Waals surface area contributed by atoms with E-state index in [1.54, 1.807) is 0 Å². The van der Waals surface area contributed by atoms with E-state index in [2.05, 4.69) is 31.1 Å². The van der Waals surface area contributed by atoms with Crippen LogP contribution in [0.15, 0.2) is 18.3 Å². The van der Waals surface area contributed by atoms with Gasteiger partial charge in [0.15, 0.2) is 0 Å². The van der Waals surface area contributed by atoms with Crippen LogP contribution in [0.2, 0.25) is 0 Å². The largest absolute Gasteiger partial charge is 0.310 e. The van der Waals surface area contributed by atoms with Crippen LogP contribution in [-0.4, -0.2) is 30.5 Å². The molecule has 0 spiro atoms. The van der Waals surface area contributed by atoms with Crippen LogP contribution in [0.4, 0.5) is 5.69 Å². The first-order valence-electron chi connectivity index (χ1n) is 6.46. The van der Waals surface area contributed by atoms with Crippen molar-refractivity contribution in [2.75, 3.05) is 24.5 Å². The van der Waals surface area contributed by atoms with Crippen molar-refractivity contribution < 1.29 is 4.79 Å². The lowest BCUT2D eigenvalue weighted by molar-refractivity contribution is -0.117. The van der Waals surface area contributed by atoms with Crippen LogP contribution >= 0.6 is 0 Å². The molecule has 98 valence electrons. The predicted octanol–water partition coefficient (Wildman–Crippen LogP) is 1.71. The molecule has 0 unspecified atom stereocenters. The van der Waals surface area contributed by atoms with Gasteiger partial charge in [-0.05, 0) is 25.1 Å². The number of nitrogens with one attached hydrogen (secondary N) is 1. The van der Waals surface area contributed by atoms with E-state index in [0.717, 1.165) is 30.9 Å². The van der Waals surface area contributed by atoms with Crippen LogP contribution < -0.4 is 10.2 Å². The van der Waals surface area contributed by atoms with Gasteiger partial charge < -0.3 is 10.2 Å². The fraction of sp³-hybridized carbons (Fsp3) is 0.571. The summed E-state index contributed by atoms with van der Waals surface area (Å²) in [6.07, 6.45) is 2.79. The van der Waals surface area contributed by atoms with E-state index < -0.39 is 0 Å². The van der Waals surface area contributed by atoms with Crippen LogP contribution in [-0.2, 0) is 10.2 Å². The van der Waals surface area contributed by atoms with Gasteiger partial charge in [-0.15, -0.1) is 0 Å². The van der Waals surface area contributed by atoms with Gasteiger partial charge in [-0.2, -0.15) is 0 Å². The lowest BCUT2D eigenvalue weighted by atomic mass is 9.92. The molecule has 0 atom stereocenters. The van der Waals surface area contributed by atoms with Crippen molar-refractivity contribution in [2.45, 2.75) is 32.6 Å². The number of amides is 1. The number of rotatable bonds is 1. The summed E-state index contributed by atoms with van der Waals surface area (Å²) in [5.41, 5.74) is 1.99. The van der Waals surface area contributed by atoms with Crippen LogP contribution in [0.25, 0.3) is 0 Å². The second-order valence-corrected chi connectivity index (χ2v) is 5.73. The predicted molar refractivity (Wildman–Crippen MR) is 72.8 cm³/mol. The van der Waals surface area contributed by atoms with Crippen molar-refractivity contribution in [3.63, 3.8) is 0 Å². The maximum Gasteiger partial charge on any atom is 0.240 e. The maximum atomic E-state index is 11.9. The first kappa shape index (κ1) is 13.0. The highest BCUT2D eigenvalue weighted by Gasteiger charge is 2.20. The normalized spacial score (nSPS) is 17.7. The molecular weight excluding hydrogens is 226 g/mol. The summed E-state index contributed by atoms with van der Waals surface area (Å²) in [5, 5.41) is 3.12. The summed E-state index contributed by atoms with van der Waals surface area (Å²) in [4.78, 5) is 18.2. The monoisotopic (exact) mass is 247 g/mol. The van der Waals surface area contributed by atoms with E-state index in [0.29, 0.717) is 6.54 Å². The van der Waals surface area contributed by atoms with E-state index in [9.17, 15) is 4.79 Å². The topological polar surface area (TPSA) is 45.2 Å². The number of aromatic nitrogens is 1. The molecule has 1 aliphatic rings. The lowest BCUT2D eigenvalue weighted by Gasteiger charge is -2.22. The minimum absolute atomic E-state index is 0.0445. The van der Waals surface area contributed by atoms with Gasteiger partial charge in [-0.3, -0.25) is 9.78 Å². The number of hydrogen-bond acceptors (Lipinski definition) is 3. The SMILES string of the molecule is CC(C)(C)c1ccc(N2CCCNCC2=O)cn1. The zero-order valence-electron chi connectivity index (χ0n) is 11.4. The minimum Gasteiger partial charge on any atom is -0.310 e. The number of hydrogen-bond donors (Lipinski definition) is 1. The van der Waals surface area contributed by atoms with Gasteiger partial charge in [0.2, 0.25) is 5.91 Å². The first-order chi connectivity index (χ1) is 8.48. The van der Waals surface area contributed by atoms with Gasteiger partial charge in [0.25, 0.3) is 0 Å². The van der Waals surface area contributed by atoms with Crippen LogP contribution in [0, 0.1) is 0 Å². The van der Waals surface area contributed by atoms with Crippen molar-refractivity contribution in [3.05, 3.63) is 24.0 Å². The summed E-state index contributed by atoms with van der Waals surface area (Å²) >= 11 is 0. The second kappa shape index (κ2) is 5.06. The average molecular weight is 247 g/mol. The Balaban J connectivity index is 2.20. The Labute approximate surface area is 108 Å². The van der Waals surface area contributed by atoms with Gasteiger partial charge in [-0.1, -0.05) is 20.8 Å². The van der Waals surface area contributed by atoms with E-state index in [-0.39, 0.29) is 11.3 Å². The van der Waals surface area contributed by atoms with Gasteiger partial charge in [-0.25, -0.2) is 0 Å². The van der Waals surface area contributed by atoms with Crippen LogP contribution in [0.1, 0.15) is 32.9 Å². The molecule has 0 radical (unpaired) electrons. The molecule has 2 heterocycles. The quantitative estimate of drug-likeness (QED) is 0.821. The molecule has 0 saturated carbocycles. The number of anilines is 1. The summed E-state index contributed by atoms with van der Waals surface area (Å²) in [5.74, 6) is 0.123. The summed E-state index contributed by atoms with van der Waals surface area (Å²) in [6.45, 7) is 8.49. The smallest absolute Gasteiger partial charge is 0.240 e. The maximum absolute atomic E-state index is 11.9. The molecular formula is C14H21N3O. The van der Waals surface area contributed by atoms with Crippen molar-refractivity contribution in [1.82, 2.24) is 10.3 Å². The molecule has 4 heteroatoms. The van der Waals surface area contributed by atoms with Gasteiger partial charge in [0.05, 0.1) is 18.4 Å². The highest BCUT2D eigenvalue weighted by molar-refractivity contribution is 5.94. The van der Waals surface area contributed by atoms with E-state index in [1.807, 2.05) is 23.2 Å². The van der Waals surface area contributed by atoms with Gasteiger partial charge >= 0.3 is 0 Å². The molecule has 1 amide bonds. The van der Waals surface area contributed by atoms with Crippen molar-refractivity contribution >= 4 is 11.6 Å². The molecule has 0 aliphatic carbocycles. The Morgan fingerprint density at radius 1 is 1.33 bits per heavy atom. The Kier molecular flexibility index (Phi) is 3.66. The number of nitrogens with zero attached hydrogens (tertiary/aromatic N) is 2. The van der Waals surface area contributed by atoms with E-state index in [4.69, 9.17) is 0 Å². The summed E-state index contributed by atoms with van der Waals surface area (Å²) in [6, 6.07) is 4.01. The van der Waals surface area contributed by atoms with Crippen LogP contribution in [0.3, 0.4) is 0 Å². The third-order valence-electron chi connectivity index (χ3n) is 3.14. The minimum atomic E-state index is 0.0445. The zero-order chi connectivity index (χ0) is 13.2. The molecule has 1 fully saturated rings. The van der Waals surface area contributed by atoms with Gasteiger partial charge in [0, 0.05) is 17.7 Å². The van der Waals surface area contributed by atoms with Crippen molar-refractivity contribution in [1.29, 1.82) is 0 Å². The Bertz CT molecular complexity index is 420. The Morgan fingerprint density at radius 3 is 2.72 bits per heavy atom. The molecule has 1 aromatic rings. The van der Waals surface area contributed by atoms with E-state index >= 15 is 0 Å². The molecule has 18 heavy (non-hydrogen) atoms. The third-order valence-corrected chi connectivity index (χ3v) is 3.14. The molecule has 1 saturated heterocycles. The lowest BCUT2D eigenvalue weighted by Crippen LogP contribution is -2.34. The third kappa shape index (κ3) is 2.88. The van der Waals surface area contributed by atoms with Crippen molar-refractivity contribution in [3.8, 4) is 0 Å². The van der Waals surface area contributed by atoms with Crippen molar-refractivity contribution in [2.24, 2.45) is 0 Å². The molecule has 1 aromatic heterocycles. The molecule has 0 aromatic carbocycles. The fourth-order valence-electron chi connectivity index (χ4n) is 2.04.